The Balaban J connectivity index is 0. The number of nitrogens with one attached hydrogen (secondary N) is 1. The second kappa shape index (κ2) is 22.4. The van der Waals surface area contributed by atoms with Gasteiger partial charge in [-0.25, -0.2) is 0 Å². The maximum absolute atomic E-state index is 13.7. The molecule has 2 heterocycles. The van der Waals surface area contributed by atoms with E-state index in [2.05, 4.69) is 38.2 Å². The van der Waals surface area contributed by atoms with Gasteiger partial charge in [0.25, 0.3) is 0 Å². The van der Waals surface area contributed by atoms with E-state index >= 15 is 0 Å². The Morgan fingerprint density at radius 3 is 2.24 bits per heavy atom. The molecule has 0 radical (unpaired) electrons. The molecule has 0 saturated carbocycles. The number of hydrogen-bond acceptors (Lipinski definition) is 9. The van der Waals surface area contributed by atoms with E-state index in [4.69, 9.17) is 18.9 Å². The van der Waals surface area contributed by atoms with Crippen molar-refractivity contribution in [3.05, 3.63) is 0 Å². The van der Waals surface area contributed by atoms with Gasteiger partial charge in [0.15, 0.2) is 12.1 Å². The lowest BCUT2D eigenvalue weighted by atomic mass is 9.79. The summed E-state index contributed by atoms with van der Waals surface area (Å²) in [6.45, 7) is 22.3. The zero-order valence-corrected chi connectivity index (χ0v) is 31.3. The van der Waals surface area contributed by atoms with Gasteiger partial charge in [0.1, 0.15) is 12.5 Å². The second-order valence-electron chi connectivity index (χ2n) is 13.6. The summed E-state index contributed by atoms with van der Waals surface area (Å²) in [4.78, 5) is 28.6. The largest absolute Gasteiger partial charge is 0.462 e. The van der Waals surface area contributed by atoms with Crippen molar-refractivity contribution in [1.82, 2.24) is 10.2 Å². The van der Waals surface area contributed by atoms with Crippen LogP contribution < -0.4 is 5.32 Å². The molecule has 0 aromatic carbocycles. The Kier molecular flexibility index (Phi) is 22.9. The molecular formula is C35H72N2O8. The van der Waals surface area contributed by atoms with Gasteiger partial charge in [0, 0.05) is 18.4 Å². The molecule has 2 fully saturated rings. The molecule has 2 aliphatic rings. The molecular weight excluding hydrogens is 576 g/mol. The van der Waals surface area contributed by atoms with Gasteiger partial charge in [0.2, 0.25) is 0 Å². The van der Waals surface area contributed by atoms with E-state index in [9.17, 15) is 14.7 Å². The van der Waals surface area contributed by atoms with Crippen LogP contribution in [0.2, 0.25) is 0 Å². The Labute approximate surface area is 276 Å². The van der Waals surface area contributed by atoms with Crippen LogP contribution in [0.4, 0.5) is 0 Å². The topological polar surface area (TPSA) is 138 Å². The lowest BCUT2D eigenvalue weighted by molar-refractivity contribution is -0.258. The molecule has 0 aromatic rings. The van der Waals surface area contributed by atoms with Gasteiger partial charge in [-0.15, -0.1) is 0 Å². The minimum absolute atomic E-state index is 0. The molecule has 6 unspecified atom stereocenters. The monoisotopic (exact) mass is 649 g/mol. The Hall–Kier alpha value is -1.14. The van der Waals surface area contributed by atoms with Crippen molar-refractivity contribution >= 4 is 11.8 Å². The van der Waals surface area contributed by atoms with Crippen molar-refractivity contribution in [1.29, 1.82) is 0 Å². The molecule has 2 saturated heterocycles. The number of rotatable bonds is 16. The van der Waals surface area contributed by atoms with Gasteiger partial charge in [-0.05, 0) is 99.8 Å². The summed E-state index contributed by atoms with van der Waals surface area (Å²) >= 11 is 0. The van der Waals surface area contributed by atoms with Crippen LogP contribution >= 0.6 is 0 Å². The first-order valence-corrected chi connectivity index (χ1v) is 17.2. The number of ether oxygens (including phenoxy) is 4. The molecule has 4 N–H and O–H groups in total. The highest BCUT2D eigenvalue weighted by Crippen LogP contribution is 2.41. The smallest absolute Gasteiger partial charge is 0.316 e. The van der Waals surface area contributed by atoms with Crippen molar-refractivity contribution < 1.29 is 39.1 Å². The van der Waals surface area contributed by atoms with Crippen molar-refractivity contribution in [2.45, 2.75) is 150 Å². The number of ketones is 1. The van der Waals surface area contributed by atoms with Gasteiger partial charge in [-0.3, -0.25) is 9.59 Å². The Bertz CT molecular complexity index is 805. The first-order valence-electron chi connectivity index (χ1n) is 17.2. The van der Waals surface area contributed by atoms with E-state index in [1.165, 1.54) is 0 Å². The number of nitrogens with zero attached hydrogens (tertiary/aromatic N) is 1. The Morgan fingerprint density at radius 1 is 1.11 bits per heavy atom. The molecule has 10 nitrogen and oxygen atoms in total. The number of Topliss-reactive ketones (excluding diaryl/α,β-unsaturated/α-hetero) is 1. The van der Waals surface area contributed by atoms with Gasteiger partial charge in [-0.2, -0.15) is 0 Å². The average Bonchev–Trinajstić information content (AvgIpc) is 3.36. The summed E-state index contributed by atoms with van der Waals surface area (Å²) in [5.74, 6) is -1.50. The fraction of sp³-hybridized carbons (Fsp3) is 0.943. The molecule has 45 heavy (non-hydrogen) atoms. The normalized spacial score (nSPS) is 27.5. The molecule has 0 amide bonds. The van der Waals surface area contributed by atoms with Gasteiger partial charge < -0.3 is 39.7 Å². The highest BCUT2D eigenvalue weighted by molar-refractivity contribution is 5.99. The summed E-state index contributed by atoms with van der Waals surface area (Å²) in [5, 5.41) is 13.2. The first kappa shape index (κ1) is 46.0. The van der Waals surface area contributed by atoms with Crippen molar-refractivity contribution in [3.63, 3.8) is 0 Å². The maximum atomic E-state index is 13.7. The van der Waals surface area contributed by atoms with E-state index in [0.717, 1.165) is 38.6 Å². The third-order valence-corrected chi connectivity index (χ3v) is 8.54. The minimum Gasteiger partial charge on any atom is -0.462 e. The molecule has 0 bridgehead atoms. The summed E-state index contributed by atoms with van der Waals surface area (Å²) < 4.78 is 24.6. The van der Waals surface area contributed by atoms with Crippen molar-refractivity contribution in [3.8, 4) is 0 Å². The van der Waals surface area contributed by atoms with E-state index in [0.29, 0.717) is 30.9 Å². The predicted octanol–water partition coefficient (Wildman–Crippen LogP) is 5.03. The number of carbonyl (C=O) groups excluding carboxylic acids is 2. The minimum atomic E-state index is -1.17. The summed E-state index contributed by atoms with van der Waals surface area (Å²) in [7, 11) is 6.11. The number of aliphatic hydroxyl groups is 1. The molecule has 10 heteroatoms. The second-order valence-corrected chi connectivity index (χ2v) is 13.6. The van der Waals surface area contributed by atoms with Gasteiger partial charge in [0.05, 0.1) is 30.0 Å². The quantitative estimate of drug-likeness (QED) is 0.174. The van der Waals surface area contributed by atoms with Crippen LogP contribution in [0.3, 0.4) is 0 Å². The van der Waals surface area contributed by atoms with E-state index in [1.807, 2.05) is 48.6 Å². The molecule has 0 aromatic heterocycles. The number of carbonyl (C=O) groups is 2. The SMILES string of the molecule is CC.CC.CNCC(C)CCCC1CO[C@@](C)([C@H](OC2CC(N(C)C)CC(C)O2)[C@@H](C)C(=O)C(C)C(=O)OCC(C)(C)O)C1.O. The standard InChI is InChI=1S/C31H58N2O7.2C2H6.H2O/c1-20(17-32-8)12-11-13-24-16-31(7,38-18-24)28(40-26-15-25(33(9)10)14-21(2)39-26)22(3)27(34)23(4)29(35)37-19-30(5,6)36;2*1-2;/h20-26,28,32,36H,11-19H2,1-10H3;2*1-2H3;1H2/t20?,21?,22-,23?,24?,25?,26?,28+,31+;;;/m0.../s1. The van der Waals surface area contributed by atoms with E-state index in [1.54, 1.807) is 20.8 Å². The summed E-state index contributed by atoms with van der Waals surface area (Å²) in [6, 6.07) is 0.306. The summed E-state index contributed by atoms with van der Waals surface area (Å²) in [5.41, 5.74) is -1.86. The van der Waals surface area contributed by atoms with Crippen LogP contribution in [-0.2, 0) is 28.5 Å². The van der Waals surface area contributed by atoms with E-state index in [-0.39, 0.29) is 24.0 Å². The van der Waals surface area contributed by atoms with Crippen molar-refractivity contribution in [2.24, 2.45) is 23.7 Å². The van der Waals surface area contributed by atoms with Crippen LogP contribution in [0.5, 0.6) is 0 Å². The van der Waals surface area contributed by atoms with Crippen LogP contribution in [0.25, 0.3) is 0 Å². The van der Waals surface area contributed by atoms with Gasteiger partial charge in [-0.1, -0.05) is 48.0 Å². The fourth-order valence-corrected chi connectivity index (χ4v) is 6.16. The first-order chi connectivity index (χ1) is 20.6. The van der Waals surface area contributed by atoms with Crippen LogP contribution in [0.1, 0.15) is 115 Å². The molecule has 9 atom stereocenters. The van der Waals surface area contributed by atoms with Crippen LogP contribution in [0.15, 0.2) is 0 Å². The molecule has 0 aliphatic carbocycles. The van der Waals surface area contributed by atoms with Crippen LogP contribution in [-0.4, -0.2) is 104 Å². The predicted molar refractivity (Wildman–Crippen MR) is 182 cm³/mol. The summed E-state index contributed by atoms with van der Waals surface area (Å²) in [6.07, 6.45) is 4.71. The fourth-order valence-electron chi connectivity index (χ4n) is 6.16. The molecule has 2 rings (SSSR count). The van der Waals surface area contributed by atoms with Crippen molar-refractivity contribution in [2.75, 3.05) is 40.9 Å². The third kappa shape index (κ3) is 16.0. The maximum Gasteiger partial charge on any atom is 0.316 e. The highest BCUT2D eigenvalue weighted by Gasteiger charge is 2.50. The lowest BCUT2D eigenvalue weighted by Crippen LogP contribution is -2.53. The molecule has 2 aliphatic heterocycles. The number of esters is 1. The Morgan fingerprint density at radius 2 is 1.71 bits per heavy atom. The zero-order chi connectivity index (χ0) is 34.3. The van der Waals surface area contributed by atoms with E-state index < -0.39 is 41.4 Å². The number of hydrogen-bond donors (Lipinski definition) is 2. The highest BCUT2D eigenvalue weighted by atomic mass is 16.7. The zero-order valence-electron chi connectivity index (χ0n) is 31.3. The molecule has 270 valence electrons. The lowest BCUT2D eigenvalue weighted by Gasteiger charge is -2.43. The van der Waals surface area contributed by atoms with Crippen LogP contribution in [0, 0.1) is 23.7 Å². The van der Waals surface area contributed by atoms with Gasteiger partial charge >= 0.3 is 5.97 Å². The average molecular weight is 649 g/mol. The molecule has 0 spiro atoms. The third-order valence-electron chi connectivity index (χ3n) is 8.54.